The average Bonchev–Trinajstić information content (AvgIpc) is 2.51. The molecule has 0 bridgehead atoms. The molecule has 0 saturated carbocycles. The first-order valence-corrected chi connectivity index (χ1v) is 7.90. The number of piperidine rings is 1. The number of nitrogens with one attached hydrogen (secondary N) is 1. The van der Waals surface area contributed by atoms with Crippen LogP contribution in [0.1, 0.15) is 31.7 Å². The minimum Gasteiger partial charge on any atom is -0.370 e. The van der Waals surface area contributed by atoms with Crippen LogP contribution in [-0.4, -0.2) is 35.8 Å². The number of hydrogen-bond donors (Lipinski definition) is 2. The van der Waals surface area contributed by atoms with E-state index < -0.39 is 0 Å². The Kier molecular flexibility index (Phi) is 5.95. The van der Waals surface area contributed by atoms with Crippen molar-refractivity contribution >= 4 is 11.8 Å². The summed E-state index contributed by atoms with van der Waals surface area (Å²) in [5, 5.41) is 3.36. The fourth-order valence-electron chi connectivity index (χ4n) is 2.93. The molecule has 1 saturated heterocycles. The van der Waals surface area contributed by atoms with Gasteiger partial charge in [-0.05, 0) is 31.9 Å². The lowest BCUT2D eigenvalue weighted by Gasteiger charge is -2.32. The van der Waals surface area contributed by atoms with Crippen LogP contribution in [-0.2, 0) is 16.1 Å². The van der Waals surface area contributed by atoms with Gasteiger partial charge in [0.15, 0.2) is 0 Å². The average molecular weight is 303 g/mol. The van der Waals surface area contributed by atoms with E-state index in [2.05, 4.69) is 12.2 Å². The van der Waals surface area contributed by atoms with E-state index in [1.807, 2.05) is 30.3 Å². The van der Waals surface area contributed by atoms with Gasteiger partial charge in [0, 0.05) is 31.5 Å². The predicted molar refractivity (Wildman–Crippen MR) is 85.9 cm³/mol. The van der Waals surface area contributed by atoms with E-state index in [0.717, 1.165) is 24.9 Å². The van der Waals surface area contributed by atoms with E-state index in [1.165, 1.54) is 0 Å². The Morgan fingerprint density at radius 3 is 2.68 bits per heavy atom. The Hall–Kier alpha value is -1.88. The minimum absolute atomic E-state index is 0.0350. The van der Waals surface area contributed by atoms with Crippen molar-refractivity contribution in [3.63, 3.8) is 0 Å². The summed E-state index contributed by atoms with van der Waals surface area (Å²) in [4.78, 5) is 25.7. The van der Waals surface area contributed by atoms with Gasteiger partial charge < -0.3 is 16.0 Å². The number of rotatable bonds is 6. The molecule has 3 N–H and O–H groups in total. The van der Waals surface area contributed by atoms with Crippen LogP contribution in [0.25, 0.3) is 0 Å². The summed E-state index contributed by atoms with van der Waals surface area (Å²) in [6.45, 7) is 3.89. The molecule has 2 amide bonds. The highest BCUT2D eigenvalue weighted by atomic mass is 16.2. The standard InChI is InChI=1S/C17H25N3O2/c1-13-11-15(7-9-19-13)17(22)20(10-8-16(18)21)12-14-5-3-2-4-6-14/h2-6,13,15,19H,7-12H2,1H3,(H2,18,21)/t13-,15-/m0/s1. The number of hydrogen-bond acceptors (Lipinski definition) is 3. The summed E-state index contributed by atoms with van der Waals surface area (Å²) in [5.41, 5.74) is 6.32. The van der Waals surface area contributed by atoms with Crippen molar-refractivity contribution in [2.75, 3.05) is 13.1 Å². The lowest BCUT2D eigenvalue weighted by Crippen LogP contribution is -2.44. The van der Waals surface area contributed by atoms with Crippen LogP contribution in [0.3, 0.4) is 0 Å². The third-order valence-electron chi connectivity index (χ3n) is 4.13. The molecule has 120 valence electrons. The third-order valence-corrected chi connectivity index (χ3v) is 4.13. The molecule has 1 aliphatic rings. The van der Waals surface area contributed by atoms with Gasteiger partial charge in [0.05, 0.1) is 0 Å². The summed E-state index contributed by atoms with van der Waals surface area (Å²) >= 11 is 0. The number of amides is 2. The summed E-state index contributed by atoms with van der Waals surface area (Å²) in [6, 6.07) is 10.2. The Labute approximate surface area is 131 Å². The Morgan fingerprint density at radius 1 is 1.32 bits per heavy atom. The maximum Gasteiger partial charge on any atom is 0.226 e. The van der Waals surface area contributed by atoms with Crippen LogP contribution >= 0.6 is 0 Å². The molecule has 1 aromatic rings. The van der Waals surface area contributed by atoms with Gasteiger partial charge in [-0.3, -0.25) is 9.59 Å². The van der Waals surface area contributed by atoms with Crippen LogP contribution < -0.4 is 11.1 Å². The first kappa shape index (κ1) is 16.5. The number of nitrogens with zero attached hydrogens (tertiary/aromatic N) is 1. The molecule has 1 heterocycles. The molecule has 0 aromatic heterocycles. The maximum absolute atomic E-state index is 12.8. The second-order valence-electron chi connectivity index (χ2n) is 6.04. The molecule has 2 atom stereocenters. The lowest BCUT2D eigenvalue weighted by atomic mass is 9.91. The highest BCUT2D eigenvalue weighted by Gasteiger charge is 2.28. The van der Waals surface area contributed by atoms with Crippen LogP contribution in [0.15, 0.2) is 30.3 Å². The zero-order valence-corrected chi connectivity index (χ0v) is 13.1. The zero-order valence-electron chi connectivity index (χ0n) is 13.1. The first-order chi connectivity index (χ1) is 10.6. The molecule has 1 aliphatic heterocycles. The Morgan fingerprint density at radius 2 is 2.05 bits per heavy atom. The highest BCUT2D eigenvalue weighted by molar-refractivity contribution is 5.80. The lowest BCUT2D eigenvalue weighted by molar-refractivity contribution is -0.137. The zero-order chi connectivity index (χ0) is 15.9. The number of carbonyl (C=O) groups is 2. The van der Waals surface area contributed by atoms with E-state index in [0.29, 0.717) is 19.1 Å². The summed E-state index contributed by atoms with van der Waals surface area (Å²) in [7, 11) is 0. The summed E-state index contributed by atoms with van der Waals surface area (Å²) < 4.78 is 0. The molecule has 0 aliphatic carbocycles. The quantitative estimate of drug-likeness (QED) is 0.831. The Balaban J connectivity index is 2.05. The van der Waals surface area contributed by atoms with Crippen molar-refractivity contribution in [2.24, 2.45) is 11.7 Å². The van der Waals surface area contributed by atoms with E-state index in [9.17, 15) is 9.59 Å². The minimum atomic E-state index is -0.371. The SMILES string of the molecule is C[C@H]1C[C@@H](C(=O)N(CCC(N)=O)Cc2ccccc2)CCN1. The second kappa shape index (κ2) is 7.94. The van der Waals surface area contributed by atoms with Crippen molar-refractivity contribution < 1.29 is 9.59 Å². The van der Waals surface area contributed by atoms with Crippen LogP contribution in [0.4, 0.5) is 0 Å². The van der Waals surface area contributed by atoms with E-state index >= 15 is 0 Å². The number of benzene rings is 1. The van der Waals surface area contributed by atoms with Gasteiger partial charge >= 0.3 is 0 Å². The van der Waals surface area contributed by atoms with E-state index in [4.69, 9.17) is 5.73 Å². The second-order valence-corrected chi connectivity index (χ2v) is 6.04. The van der Waals surface area contributed by atoms with Crippen LogP contribution in [0.2, 0.25) is 0 Å². The predicted octanol–water partition coefficient (Wildman–Crippen LogP) is 1.28. The number of carbonyl (C=O) groups excluding carboxylic acids is 2. The first-order valence-electron chi connectivity index (χ1n) is 7.90. The molecule has 1 aromatic carbocycles. The molecule has 0 unspecified atom stereocenters. The molecule has 2 rings (SSSR count). The topological polar surface area (TPSA) is 75.4 Å². The van der Waals surface area contributed by atoms with Gasteiger partial charge in [-0.15, -0.1) is 0 Å². The fraction of sp³-hybridized carbons (Fsp3) is 0.529. The highest BCUT2D eigenvalue weighted by Crippen LogP contribution is 2.20. The molecule has 5 nitrogen and oxygen atoms in total. The maximum atomic E-state index is 12.8. The molecular formula is C17H25N3O2. The van der Waals surface area contributed by atoms with Gasteiger partial charge in [0.1, 0.15) is 0 Å². The van der Waals surface area contributed by atoms with Crippen molar-refractivity contribution in [1.29, 1.82) is 0 Å². The normalized spacial score (nSPS) is 21.3. The van der Waals surface area contributed by atoms with Gasteiger partial charge in [0.25, 0.3) is 0 Å². The van der Waals surface area contributed by atoms with Crippen molar-refractivity contribution in [1.82, 2.24) is 10.2 Å². The molecule has 0 radical (unpaired) electrons. The fourth-order valence-corrected chi connectivity index (χ4v) is 2.93. The molecule has 5 heteroatoms. The van der Waals surface area contributed by atoms with Crippen LogP contribution in [0, 0.1) is 5.92 Å². The van der Waals surface area contributed by atoms with Crippen LogP contribution in [0.5, 0.6) is 0 Å². The molecule has 22 heavy (non-hydrogen) atoms. The van der Waals surface area contributed by atoms with Crippen molar-refractivity contribution in [3.8, 4) is 0 Å². The van der Waals surface area contributed by atoms with Gasteiger partial charge in [-0.2, -0.15) is 0 Å². The monoisotopic (exact) mass is 303 g/mol. The van der Waals surface area contributed by atoms with E-state index in [-0.39, 0.29) is 24.2 Å². The largest absolute Gasteiger partial charge is 0.370 e. The third kappa shape index (κ3) is 4.84. The van der Waals surface area contributed by atoms with Crippen molar-refractivity contribution in [3.05, 3.63) is 35.9 Å². The molecular weight excluding hydrogens is 278 g/mol. The van der Waals surface area contributed by atoms with E-state index in [1.54, 1.807) is 4.90 Å². The smallest absolute Gasteiger partial charge is 0.226 e. The van der Waals surface area contributed by atoms with Gasteiger partial charge in [-0.1, -0.05) is 30.3 Å². The summed E-state index contributed by atoms with van der Waals surface area (Å²) in [5.74, 6) is -0.198. The number of primary amides is 1. The molecule has 0 spiro atoms. The number of nitrogens with two attached hydrogens (primary N) is 1. The Bertz CT molecular complexity index is 504. The van der Waals surface area contributed by atoms with Gasteiger partial charge in [-0.25, -0.2) is 0 Å². The molecule has 1 fully saturated rings. The summed E-state index contributed by atoms with van der Waals surface area (Å²) in [6.07, 6.45) is 1.91. The van der Waals surface area contributed by atoms with Crippen molar-refractivity contribution in [2.45, 2.75) is 38.8 Å². The van der Waals surface area contributed by atoms with Gasteiger partial charge in [0.2, 0.25) is 11.8 Å².